The van der Waals surface area contributed by atoms with E-state index < -0.39 is 5.41 Å². The number of nitrogens with one attached hydrogen (secondary N) is 1. The van der Waals surface area contributed by atoms with Crippen LogP contribution in [0.1, 0.15) is 39.0 Å². The fourth-order valence-electron chi connectivity index (χ4n) is 2.00. The third-order valence-corrected chi connectivity index (χ3v) is 3.39. The summed E-state index contributed by atoms with van der Waals surface area (Å²) in [5.74, 6) is -0.160. The molecule has 0 aliphatic carbocycles. The first-order valence-corrected chi connectivity index (χ1v) is 7.10. The Morgan fingerprint density at radius 1 is 1.37 bits per heavy atom. The van der Waals surface area contributed by atoms with Crippen LogP contribution in [0.15, 0.2) is 0 Å². The summed E-state index contributed by atoms with van der Waals surface area (Å²) in [7, 11) is 0. The number of rotatable bonds is 8. The van der Waals surface area contributed by atoms with Crippen LogP contribution in [0.5, 0.6) is 0 Å². The lowest BCUT2D eigenvalue weighted by Crippen LogP contribution is -2.44. The maximum absolute atomic E-state index is 12.1. The van der Waals surface area contributed by atoms with E-state index in [1.54, 1.807) is 0 Å². The first-order chi connectivity index (χ1) is 9.25. The molecule has 0 aromatic heterocycles. The van der Waals surface area contributed by atoms with Crippen LogP contribution >= 0.6 is 0 Å². The van der Waals surface area contributed by atoms with Crippen LogP contribution in [0.4, 0.5) is 0 Å². The Balaban J connectivity index is 2.17. The molecule has 0 aromatic rings. The molecule has 1 heterocycles. The summed E-state index contributed by atoms with van der Waals surface area (Å²) in [6, 6.07) is 2.16. The predicted molar refractivity (Wildman–Crippen MR) is 71.5 cm³/mol. The fraction of sp³-hybridized carbons (Fsp3) is 0.857. The van der Waals surface area contributed by atoms with E-state index in [4.69, 9.17) is 9.47 Å². The molecule has 5 nitrogen and oxygen atoms in total. The summed E-state index contributed by atoms with van der Waals surface area (Å²) in [5.41, 5.74) is -0.888. The zero-order valence-electron chi connectivity index (χ0n) is 11.7. The molecule has 108 valence electrons. The Hall–Kier alpha value is -1.12. The number of ether oxygens (including phenoxy) is 2. The van der Waals surface area contributed by atoms with Gasteiger partial charge in [-0.05, 0) is 25.7 Å². The molecule has 1 rings (SSSR count). The molecule has 0 atom stereocenters. The molecule has 0 spiro atoms. The van der Waals surface area contributed by atoms with E-state index in [9.17, 15) is 10.1 Å². The summed E-state index contributed by atoms with van der Waals surface area (Å²) in [5, 5.41) is 12.1. The maximum atomic E-state index is 12.1. The van der Waals surface area contributed by atoms with Crippen LogP contribution in [0.2, 0.25) is 0 Å². The van der Waals surface area contributed by atoms with Crippen molar-refractivity contribution in [3.8, 4) is 6.07 Å². The Bertz CT molecular complexity index is 306. The highest BCUT2D eigenvalue weighted by molar-refractivity contribution is 5.85. The van der Waals surface area contributed by atoms with Crippen molar-refractivity contribution in [1.29, 1.82) is 5.26 Å². The van der Waals surface area contributed by atoms with Gasteiger partial charge < -0.3 is 14.8 Å². The van der Waals surface area contributed by atoms with Crippen molar-refractivity contribution in [2.75, 3.05) is 33.0 Å². The largest absolute Gasteiger partial charge is 0.381 e. The van der Waals surface area contributed by atoms with E-state index in [0.717, 1.165) is 25.9 Å². The average Bonchev–Trinajstić information content (AvgIpc) is 2.46. The Morgan fingerprint density at radius 3 is 2.68 bits per heavy atom. The Morgan fingerprint density at radius 2 is 2.05 bits per heavy atom. The molecule has 0 radical (unpaired) electrons. The van der Waals surface area contributed by atoms with Crippen molar-refractivity contribution >= 4 is 5.91 Å². The van der Waals surface area contributed by atoms with Gasteiger partial charge in [-0.15, -0.1) is 0 Å². The lowest BCUT2D eigenvalue weighted by atomic mass is 9.81. The van der Waals surface area contributed by atoms with Gasteiger partial charge in [0, 0.05) is 33.0 Å². The number of amides is 1. The fourth-order valence-corrected chi connectivity index (χ4v) is 2.00. The Kier molecular flexibility index (Phi) is 7.46. The molecule has 5 heteroatoms. The van der Waals surface area contributed by atoms with Crippen LogP contribution in [-0.4, -0.2) is 38.9 Å². The zero-order chi connectivity index (χ0) is 14.0. The van der Waals surface area contributed by atoms with Crippen molar-refractivity contribution < 1.29 is 14.3 Å². The van der Waals surface area contributed by atoms with Gasteiger partial charge in [0.15, 0.2) is 0 Å². The van der Waals surface area contributed by atoms with E-state index in [-0.39, 0.29) is 5.91 Å². The van der Waals surface area contributed by atoms with Crippen LogP contribution in [0.25, 0.3) is 0 Å². The molecule has 1 fully saturated rings. The van der Waals surface area contributed by atoms with Gasteiger partial charge in [0.05, 0.1) is 6.07 Å². The van der Waals surface area contributed by atoms with Gasteiger partial charge in [0.2, 0.25) is 5.91 Å². The minimum Gasteiger partial charge on any atom is -0.381 e. The highest BCUT2D eigenvalue weighted by atomic mass is 16.5. The van der Waals surface area contributed by atoms with E-state index >= 15 is 0 Å². The molecular formula is C14H24N2O3. The van der Waals surface area contributed by atoms with E-state index in [2.05, 4.69) is 18.3 Å². The monoisotopic (exact) mass is 268 g/mol. The highest BCUT2D eigenvalue weighted by Crippen LogP contribution is 2.29. The molecule has 19 heavy (non-hydrogen) atoms. The standard InChI is InChI=1S/C14H24N2O3/c1-2-3-8-18-9-4-7-16-13(17)14(12-15)5-10-19-11-6-14/h2-11H2,1H3,(H,16,17). The highest BCUT2D eigenvalue weighted by Gasteiger charge is 2.40. The minimum atomic E-state index is -0.888. The smallest absolute Gasteiger partial charge is 0.240 e. The van der Waals surface area contributed by atoms with Gasteiger partial charge in [0.1, 0.15) is 5.41 Å². The van der Waals surface area contributed by atoms with Crippen molar-refractivity contribution in [3.63, 3.8) is 0 Å². The summed E-state index contributed by atoms with van der Waals surface area (Å²) in [4.78, 5) is 12.1. The number of hydrogen-bond donors (Lipinski definition) is 1. The van der Waals surface area contributed by atoms with Crippen molar-refractivity contribution in [2.45, 2.75) is 39.0 Å². The van der Waals surface area contributed by atoms with Crippen LogP contribution < -0.4 is 5.32 Å². The lowest BCUT2D eigenvalue weighted by molar-refractivity contribution is -0.132. The molecule has 1 amide bonds. The van der Waals surface area contributed by atoms with Crippen LogP contribution in [-0.2, 0) is 14.3 Å². The first kappa shape index (κ1) is 15.9. The summed E-state index contributed by atoms with van der Waals surface area (Å²) < 4.78 is 10.6. The number of hydrogen-bond acceptors (Lipinski definition) is 4. The zero-order valence-corrected chi connectivity index (χ0v) is 11.7. The first-order valence-electron chi connectivity index (χ1n) is 7.10. The van der Waals surface area contributed by atoms with Gasteiger partial charge in [-0.2, -0.15) is 5.26 Å². The molecule has 1 N–H and O–H groups in total. The van der Waals surface area contributed by atoms with E-state index in [1.807, 2.05) is 0 Å². The molecule has 1 saturated heterocycles. The molecular weight excluding hydrogens is 244 g/mol. The molecule has 1 aliphatic rings. The molecule has 1 aliphatic heterocycles. The number of unbranched alkanes of at least 4 members (excludes halogenated alkanes) is 1. The average molecular weight is 268 g/mol. The van der Waals surface area contributed by atoms with Crippen LogP contribution in [0, 0.1) is 16.7 Å². The lowest BCUT2D eigenvalue weighted by Gasteiger charge is -2.29. The van der Waals surface area contributed by atoms with E-state index in [1.165, 1.54) is 0 Å². The van der Waals surface area contributed by atoms with Gasteiger partial charge >= 0.3 is 0 Å². The van der Waals surface area contributed by atoms with E-state index in [0.29, 0.717) is 39.2 Å². The summed E-state index contributed by atoms with van der Waals surface area (Å²) in [6.45, 7) is 5.10. The molecule has 0 unspecified atom stereocenters. The molecule has 0 saturated carbocycles. The number of carbonyl (C=O) groups excluding carboxylic acids is 1. The number of nitriles is 1. The normalized spacial score (nSPS) is 17.7. The maximum Gasteiger partial charge on any atom is 0.240 e. The van der Waals surface area contributed by atoms with Gasteiger partial charge in [0.25, 0.3) is 0 Å². The van der Waals surface area contributed by atoms with Gasteiger partial charge in [-0.1, -0.05) is 13.3 Å². The van der Waals surface area contributed by atoms with Crippen molar-refractivity contribution in [1.82, 2.24) is 5.32 Å². The second-order valence-electron chi connectivity index (χ2n) is 4.88. The van der Waals surface area contributed by atoms with Crippen molar-refractivity contribution in [3.05, 3.63) is 0 Å². The van der Waals surface area contributed by atoms with Crippen molar-refractivity contribution in [2.24, 2.45) is 5.41 Å². The topological polar surface area (TPSA) is 71.3 Å². The minimum absolute atomic E-state index is 0.160. The third-order valence-electron chi connectivity index (χ3n) is 3.39. The third kappa shape index (κ3) is 5.17. The second kappa shape index (κ2) is 8.89. The number of nitrogens with zero attached hydrogens (tertiary/aromatic N) is 1. The Labute approximate surface area is 115 Å². The van der Waals surface area contributed by atoms with Gasteiger partial charge in [-0.3, -0.25) is 4.79 Å². The predicted octanol–water partition coefficient (Wildman–Crippen LogP) is 1.63. The van der Waals surface area contributed by atoms with Crippen LogP contribution in [0.3, 0.4) is 0 Å². The van der Waals surface area contributed by atoms with Gasteiger partial charge in [-0.25, -0.2) is 0 Å². The second-order valence-corrected chi connectivity index (χ2v) is 4.88. The SMILES string of the molecule is CCCCOCCCNC(=O)C1(C#N)CCOCC1. The summed E-state index contributed by atoms with van der Waals surface area (Å²) >= 11 is 0. The number of carbonyl (C=O) groups is 1. The summed E-state index contributed by atoms with van der Waals surface area (Å²) in [6.07, 6.45) is 3.96. The quantitative estimate of drug-likeness (QED) is 0.679. The molecule has 0 bridgehead atoms. The molecule has 0 aromatic carbocycles.